The van der Waals surface area contributed by atoms with Gasteiger partial charge in [-0.05, 0) is 185 Å². The summed E-state index contributed by atoms with van der Waals surface area (Å²) in [6.45, 7) is 26.2. The molecule has 13 aromatic carbocycles. The fourth-order valence-corrected chi connectivity index (χ4v) is 19.1. The molecule has 0 unspecified atom stereocenters. The van der Waals surface area contributed by atoms with Crippen LogP contribution in [0.2, 0.25) is 0 Å². The third-order valence-corrected chi connectivity index (χ3v) is 25.8. The molecular formula is C125H102Ir3N9O4Pt-3. The van der Waals surface area contributed by atoms with Crippen molar-refractivity contribution in [1.82, 2.24) is 39.9 Å². The van der Waals surface area contributed by atoms with Crippen molar-refractivity contribution in [3.05, 3.63) is 473 Å². The SMILES string of the molecule is CC(=O)C=C(C)O.CC(=O)C=C(C)O.CC1(C)c2cccc3c2C2c4c-3cccc4C(C)(C)c3cc(N(c4[c-]c(-c5ccccn5)ccc4)c4[c-]c(-c5ccccn5)ccc4)cc1c32.CC1(C)c2ccccc2-c2c[c-]c(-c3ccc4ccccc4n3)cc21.Cc1cc2ccccc2[c-]c1-c1ccccn1.Cc1ccc(-c2nc(-c3c[c-]c(-c4ccccn4)cc3)nc(-c3ccc(C)cc3)n2)cc1.[Ir].[Ir].[Ir].[Pt+2]. The predicted octanol–water partition coefficient (Wildman–Crippen LogP) is 29.8. The van der Waals surface area contributed by atoms with Crippen LogP contribution in [-0.2, 0) is 107 Å². The van der Waals surface area contributed by atoms with E-state index in [-0.39, 0.29) is 127 Å². The minimum Gasteiger partial charge on any atom is -0.512 e. The maximum absolute atomic E-state index is 10.0. The molecule has 0 amide bonds. The van der Waals surface area contributed by atoms with Gasteiger partial charge in [0.05, 0.1) is 17.0 Å². The first kappa shape index (κ1) is 104. The summed E-state index contributed by atoms with van der Waals surface area (Å²) in [4.78, 5) is 59.7. The molecule has 2 N–H and O–H groups in total. The van der Waals surface area contributed by atoms with Crippen LogP contribution in [0.5, 0.6) is 0 Å². The van der Waals surface area contributed by atoms with Crippen LogP contribution in [0.1, 0.15) is 142 Å². The summed E-state index contributed by atoms with van der Waals surface area (Å²) in [6.07, 6.45) is 9.61. The molecule has 3 radical (unpaired) electrons. The number of aromatic nitrogens is 8. The van der Waals surface area contributed by atoms with Gasteiger partial charge in [0, 0.05) is 137 Å². The molecule has 711 valence electrons. The number of para-hydroxylation sites is 1. The zero-order chi connectivity index (χ0) is 96.1. The van der Waals surface area contributed by atoms with Gasteiger partial charge in [0.1, 0.15) is 5.82 Å². The van der Waals surface area contributed by atoms with Gasteiger partial charge < -0.3 is 30.1 Å². The Balaban J connectivity index is 0.000000151. The van der Waals surface area contributed by atoms with Gasteiger partial charge in [0.25, 0.3) is 0 Å². The third kappa shape index (κ3) is 22.0. The van der Waals surface area contributed by atoms with Gasteiger partial charge >= 0.3 is 21.1 Å². The van der Waals surface area contributed by atoms with Crippen LogP contribution in [0.3, 0.4) is 0 Å². The van der Waals surface area contributed by atoms with E-state index in [9.17, 15) is 9.59 Å². The Morgan fingerprint density at radius 2 is 0.775 bits per heavy atom. The van der Waals surface area contributed by atoms with Gasteiger partial charge in [-0.25, -0.2) is 15.0 Å². The van der Waals surface area contributed by atoms with E-state index in [1.165, 1.54) is 140 Å². The average Bonchev–Trinajstić information content (AvgIpc) is 1.49. The molecule has 0 saturated carbocycles. The molecule has 4 aliphatic rings. The zero-order valence-electron chi connectivity index (χ0n) is 80.8. The van der Waals surface area contributed by atoms with E-state index in [2.05, 4.69) is 312 Å². The van der Waals surface area contributed by atoms with Gasteiger partial charge in [0.2, 0.25) is 0 Å². The van der Waals surface area contributed by atoms with Gasteiger partial charge in [-0.2, -0.15) is 0 Å². The van der Waals surface area contributed by atoms with E-state index in [4.69, 9.17) is 30.1 Å². The monoisotopic (exact) mass is 2570 g/mol. The van der Waals surface area contributed by atoms with Gasteiger partial charge in [0.15, 0.2) is 23.2 Å². The van der Waals surface area contributed by atoms with Crippen LogP contribution < -0.4 is 4.90 Å². The Labute approximate surface area is 886 Å². The van der Waals surface area contributed by atoms with Crippen LogP contribution in [0.4, 0.5) is 17.1 Å². The van der Waals surface area contributed by atoms with Gasteiger partial charge in [-0.3, -0.25) is 19.6 Å². The number of anilines is 3. The van der Waals surface area contributed by atoms with E-state index in [0.29, 0.717) is 17.5 Å². The summed E-state index contributed by atoms with van der Waals surface area (Å²) in [5, 5.41) is 20.3. The molecule has 19 aromatic rings. The summed E-state index contributed by atoms with van der Waals surface area (Å²) in [7, 11) is 0. The number of rotatable bonds is 13. The van der Waals surface area contributed by atoms with Gasteiger partial charge in [-0.1, -0.05) is 293 Å². The van der Waals surface area contributed by atoms with Crippen molar-refractivity contribution in [2.24, 2.45) is 0 Å². The largest absolute Gasteiger partial charge is 2.00 e. The predicted molar refractivity (Wildman–Crippen MR) is 558 cm³/mol. The van der Waals surface area contributed by atoms with Crippen LogP contribution in [-0.4, -0.2) is 61.7 Å². The second-order valence-electron chi connectivity index (χ2n) is 36.7. The third-order valence-electron chi connectivity index (χ3n) is 25.8. The number of benzene rings is 13. The molecule has 17 heteroatoms. The molecule has 0 saturated heterocycles. The summed E-state index contributed by atoms with van der Waals surface area (Å²) in [6, 6.07) is 132. The molecule has 23 rings (SSSR count). The first-order valence-electron chi connectivity index (χ1n) is 46.3. The molecule has 0 aliphatic heterocycles. The van der Waals surface area contributed by atoms with E-state index in [1.54, 1.807) is 6.20 Å². The van der Waals surface area contributed by atoms with Crippen molar-refractivity contribution < 1.29 is 101 Å². The van der Waals surface area contributed by atoms with Crippen LogP contribution in [0.15, 0.2) is 376 Å². The minimum absolute atomic E-state index is 0. The number of carbonyl (C=O) groups is 2. The second kappa shape index (κ2) is 44.9. The first-order valence-corrected chi connectivity index (χ1v) is 46.3. The summed E-state index contributed by atoms with van der Waals surface area (Å²) in [5.74, 6) is 2.05. The Bertz CT molecular complexity index is 7610. The van der Waals surface area contributed by atoms with Crippen molar-refractivity contribution in [3.63, 3.8) is 0 Å². The second-order valence-corrected chi connectivity index (χ2v) is 36.7. The van der Waals surface area contributed by atoms with Crippen LogP contribution in [0, 0.1) is 51.1 Å². The molecule has 0 spiro atoms. The Hall–Kier alpha value is -14.0. The number of hydrogen-bond donors (Lipinski definition) is 2. The van der Waals surface area contributed by atoms with Crippen molar-refractivity contribution >= 4 is 50.3 Å². The Morgan fingerprint density at radius 3 is 1.26 bits per heavy atom. The summed E-state index contributed by atoms with van der Waals surface area (Å²) in [5.41, 5.74) is 37.9. The first-order chi connectivity index (χ1) is 66.7. The number of allylic oxidation sites excluding steroid dienone is 4. The fourth-order valence-electron chi connectivity index (χ4n) is 19.1. The fraction of sp³-hybridized carbons (Fsp3) is 0.136. The maximum atomic E-state index is 10.0. The maximum Gasteiger partial charge on any atom is 2.00 e. The molecule has 13 nitrogen and oxygen atoms in total. The Morgan fingerprint density at radius 1 is 0.345 bits per heavy atom. The summed E-state index contributed by atoms with van der Waals surface area (Å²) < 4.78 is 0. The zero-order valence-corrected chi connectivity index (χ0v) is 90.2. The smallest absolute Gasteiger partial charge is 0.512 e. The van der Waals surface area contributed by atoms with Gasteiger partial charge in [-0.15, -0.1) is 148 Å². The molecule has 0 atom stereocenters. The van der Waals surface area contributed by atoms with Crippen LogP contribution >= 0.6 is 0 Å². The number of carbonyl (C=O) groups excluding carboxylic acids is 2. The van der Waals surface area contributed by atoms with Crippen molar-refractivity contribution in [2.45, 2.75) is 112 Å². The quantitative estimate of drug-likeness (QED) is 0.0633. The molecule has 6 heterocycles. The number of fused-ring (bicyclic) bond motifs is 6. The van der Waals surface area contributed by atoms with E-state index >= 15 is 0 Å². The van der Waals surface area contributed by atoms with Crippen molar-refractivity contribution in [3.8, 4) is 113 Å². The van der Waals surface area contributed by atoms with Crippen molar-refractivity contribution in [2.75, 3.05) is 4.90 Å². The number of nitrogens with zero attached hydrogens (tertiary/aromatic N) is 9. The number of pyridine rings is 5. The summed E-state index contributed by atoms with van der Waals surface area (Å²) >= 11 is 0. The average molecular weight is 2570 g/mol. The number of aryl methyl sites for hydroxylation is 3. The van der Waals surface area contributed by atoms with E-state index in [0.717, 1.165) is 101 Å². The molecule has 4 aliphatic carbocycles. The Kier molecular flexibility index (Phi) is 32.8. The number of ketones is 2. The number of hydrogen-bond acceptors (Lipinski definition) is 13. The molecule has 6 aromatic heterocycles. The normalized spacial score (nSPS) is 12.8. The molecular weight excluding hydrogens is 2460 g/mol. The van der Waals surface area contributed by atoms with Crippen LogP contribution in [0.25, 0.3) is 134 Å². The molecule has 142 heavy (non-hydrogen) atoms. The molecule has 0 bridgehead atoms. The van der Waals surface area contributed by atoms with Crippen molar-refractivity contribution in [1.29, 1.82) is 0 Å². The topological polar surface area (TPSA) is 181 Å². The number of aliphatic hydroxyl groups is 2. The molecule has 0 fully saturated rings. The standard InChI is InChI=1S/C47H35N3.C28H21N4.C24H18N.C16H12N.2C5H8O2.3Ir.Pt/c1-46(2)36-19-11-17-34-35-18-12-20-37-43(35)45(42(34)36)44-38(46)27-33(28-39(44)47(37,3)4)50(31-15-9-13-29(25-31)40-21-5-7-23-48-40)32-16-10-14-30(26-32)41-22-6-8-24-49-41;1-19-6-10-22(11-7-19)26-30-27(23-12-8-20(2)9-13-23)32-28(31-26)24-16-14-21(15-17-24)25-5-3-4-18-29-25;1-24(2)20-9-5-4-8-18(20)19-13-11-17(15-21(19)24)23-14-12-16-7-3-6-10-22(16)25-23;1-12-10-13-6-2-3-7-14(13)11-15(12)16-8-4-5-9-17-16;2*1-4(6)3-5(2)7;;;;/h5-24,27-28,45H,1-4H3;3-14,16-18H,1-2H3;3-10,12-15H,1-2H3;2-10H,1H3;2*3,6H,1-2H3;;;;/q-2;3*-1;;;;;;+2. The number of aliphatic hydroxyl groups excluding tert-OH is 2. The van der Waals surface area contributed by atoms with E-state index in [1.807, 2.05) is 152 Å². The minimum atomic E-state index is -0.206. The van der Waals surface area contributed by atoms with E-state index < -0.39 is 0 Å².